The first kappa shape index (κ1) is 32.2. The van der Waals surface area contributed by atoms with Crippen LogP contribution in [0.15, 0.2) is 206 Å². The van der Waals surface area contributed by atoms with Gasteiger partial charge in [0.05, 0.1) is 5.41 Å². The maximum Gasteiger partial charge on any atom is 0.104 e. The van der Waals surface area contributed by atoms with Crippen molar-refractivity contribution in [3.8, 4) is 44.5 Å². The Bertz CT molecular complexity index is 3180. The fraction of sp³-hybridized carbons (Fsp3) is 0.0357. The third-order valence-electron chi connectivity index (χ3n) is 12.8. The minimum Gasteiger partial charge on any atom is -0.384 e. The number of benzene rings is 10. The summed E-state index contributed by atoms with van der Waals surface area (Å²) in [4.78, 5) is 0. The molecule has 266 valence electrons. The zero-order valence-corrected chi connectivity index (χ0v) is 31.2. The van der Waals surface area contributed by atoms with E-state index in [0.29, 0.717) is 0 Å². The fourth-order valence-corrected chi connectivity index (χ4v) is 10.3. The second-order valence-corrected chi connectivity index (χ2v) is 15.7. The summed E-state index contributed by atoms with van der Waals surface area (Å²) in [5, 5.41) is 19.1. The lowest BCUT2D eigenvalue weighted by molar-refractivity contribution is 0.220. The molecule has 2 aliphatic carbocycles. The van der Waals surface area contributed by atoms with Gasteiger partial charge in [0.15, 0.2) is 0 Å². The lowest BCUT2D eigenvalue weighted by Gasteiger charge is -2.31. The normalized spacial score (nSPS) is 15.5. The summed E-state index contributed by atoms with van der Waals surface area (Å²) in [5.74, 6) is 0. The van der Waals surface area contributed by atoms with Crippen molar-refractivity contribution in [2.24, 2.45) is 0 Å². The second-order valence-electron chi connectivity index (χ2n) is 15.7. The van der Waals surface area contributed by atoms with E-state index in [1.807, 2.05) is 30.3 Å². The van der Waals surface area contributed by atoms with Crippen molar-refractivity contribution in [2.75, 3.05) is 0 Å². The third kappa shape index (κ3) is 4.55. The smallest absolute Gasteiger partial charge is 0.104 e. The fourth-order valence-electron chi connectivity index (χ4n) is 10.3. The second kappa shape index (κ2) is 12.2. The number of aliphatic hydroxyl groups is 1. The van der Waals surface area contributed by atoms with Crippen LogP contribution in [0.25, 0.3) is 76.8 Å². The van der Waals surface area contributed by atoms with Crippen molar-refractivity contribution in [1.82, 2.24) is 0 Å². The Kier molecular flexibility index (Phi) is 6.90. The van der Waals surface area contributed by atoms with E-state index in [4.69, 9.17) is 0 Å². The highest BCUT2D eigenvalue weighted by Crippen LogP contribution is 2.63. The van der Waals surface area contributed by atoms with Gasteiger partial charge in [-0.15, -0.1) is 0 Å². The molecule has 0 amide bonds. The molecular formula is C56H36O. The van der Waals surface area contributed by atoms with Crippen LogP contribution < -0.4 is 0 Å². The topological polar surface area (TPSA) is 20.2 Å². The van der Waals surface area contributed by atoms with Crippen LogP contribution in [0.3, 0.4) is 0 Å². The first-order chi connectivity index (χ1) is 28.2. The molecule has 0 fully saturated rings. The van der Waals surface area contributed by atoms with Crippen molar-refractivity contribution in [2.45, 2.75) is 11.5 Å². The van der Waals surface area contributed by atoms with E-state index < -0.39 is 11.5 Å². The van der Waals surface area contributed by atoms with Gasteiger partial charge >= 0.3 is 0 Å². The van der Waals surface area contributed by atoms with Crippen LogP contribution in [-0.4, -0.2) is 5.11 Å². The minimum absolute atomic E-state index is 0.494. The first-order valence-electron chi connectivity index (χ1n) is 19.8. The Morgan fingerprint density at radius 3 is 1.47 bits per heavy atom. The van der Waals surface area contributed by atoms with Gasteiger partial charge < -0.3 is 5.11 Å². The van der Waals surface area contributed by atoms with Gasteiger partial charge in [-0.2, -0.15) is 0 Å². The highest BCUT2D eigenvalue weighted by molar-refractivity contribution is 6.30. The number of fused-ring (bicyclic) bond motifs is 10. The monoisotopic (exact) mass is 724 g/mol. The highest BCUT2D eigenvalue weighted by Gasteiger charge is 2.51. The number of aliphatic hydroxyl groups excluding tert-OH is 1. The van der Waals surface area contributed by atoms with Gasteiger partial charge in [0.1, 0.15) is 6.10 Å². The summed E-state index contributed by atoms with van der Waals surface area (Å²) >= 11 is 0. The lowest BCUT2D eigenvalue weighted by Crippen LogP contribution is -2.26. The SMILES string of the molecule is OC(c1ccccc1)c1ccc2c(c1)c1cccc3c1c1c(cccc21)C31c2ccccc2-c2ccc(-c3cc(-c4ccccc4)cc(-c4ccccc4)c3)cc21. The molecule has 1 N–H and O–H groups in total. The molecule has 1 spiro atoms. The quantitative estimate of drug-likeness (QED) is 0.175. The van der Waals surface area contributed by atoms with E-state index in [0.717, 1.165) is 11.1 Å². The van der Waals surface area contributed by atoms with Crippen molar-refractivity contribution in [3.05, 3.63) is 240 Å². The van der Waals surface area contributed by atoms with Crippen LogP contribution in [0.1, 0.15) is 39.5 Å². The average Bonchev–Trinajstić information content (AvgIpc) is 3.76. The predicted molar refractivity (Wildman–Crippen MR) is 237 cm³/mol. The zero-order valence-electron chi connectivity index (χ0n) is 31.2. The Hall–Kier alpha value is -7.06. The van der Waals surface area contributed by atoms with Crippen molar-refractivity contribution < 1.29 is 5.11 Å². The minimum atomic E-state index is -0.706. The first-order valence-corrected chi connectivity index (χ1v) is 19.8. The summed E-state index contributed by atoms with van der Waals surface area (Å²) in [5.41, 5.74) is 16.4. The summed E-state index contributed by atoms with van der Waals surface area (Å²) in [6.07, 6.45) is -0.706. The molecule has 0 saturated heterocycles. The van der Waals surface area contributed by atoms with Crippen LogP contribution in [0.5, 0.6) is 0 Å². The molecule has 0 aromatic heterocycles. The van der Waals surface area contributed by atoms with E-state index >= 15 is 0 Å². The standard InChI is InChI=1S/C56H36O/c57-55(37-18-8-3-9-19-37)39-27-28-43-46-21-12-24-50-53(46)54-47(48(43)33-39)22-13-25-51(54)56(50)49-23-11-10-20-44(49)45-29-26-38(34-52(45)56)42-31-40(35-14-4-1-5-15-35)30-41(32-42)36-16-6-2-7-17-36/h1-34,55,57H. The molecule has 2 atom stereocenters. The zero-order chi connectivity index (χ0) is 37.7. The van der Waals surface area contributed by atoms with Gasteiger partial charge in [-0.25, -0.2) is 0 Å². The van der Waals surface area contributed by atoms with Gasteiger partial charge in [0.25, 0.3) is 0 Å². The Morgan fingerprint density at radius 1 is 0.298 bits per heavy atom. The Morgan fingerprint density at radius 2 is 0.825 bits per heavy atom. The van der Waals surface area contributed by atoms with Crippen LogP contribution in [0, 0.1) is 0 Å². The molecule has 12 rings (SSSR count). The van der Waals surface area contributed by atoms with E-state index in [-0.39, 0.29) is 0 Å². The van der Waals surface area contributed by atoms with Crippen LogP contribution >= 0.6 is 0 Å². The predicted octanol–water partition coefficient (Wildman–Crippen LogP) is 13.9. The molecule has 0 radical (unpaired) electrons. The Labute approximate surface area is 331 Å². The van der Waals surface area contributed by atoms with Gasteiger partial charge in [-0.1, -0.05) is 176 Å². The molecule has 10 aromatic carbocycles. The number of hydrogen-bond donors (Lipinski definition) is 1. The summed E-state index contributed by atoms with van der Waals surface area (Å²) in [6, 6.07) is 75.1. The van der Waals surface area contributed by atoms with Gasteiger partial charge in [-0.3, -0.25) is 0 Å². The molecular weight excluding hydrogens is 689 g/mol. The highest BCUT2D eigenvalue weighted by atomic mass is 16.3. The van der Waals surface area contributed by atoms with Crippen LogP contribution in [-0.2, 0) is 5.41 Å². The molecule has 1 heteroatoms. The van der Waals surface area contributed by atoms with Crippen LogP contribution in [0.4, 0.5) is 0 Å². The maximum atomic E-state index is 11.6. The van der Waals surface area contributed by atoms with Gasteiger partial charge in [0.2, 0.25) is 0 Å². The summed E-state index contributed by atoms with van der Waals surface area (Å²) in [7, 11) is 0. The van der Waals surface area contributed by atoms with Gasteiger partial charge in [0, 0.05) is 0 Å². The molecule has 0 aliphatic heterocycles. The van der Waals surface area contributed by atoms with Crippen molar-refractivity contribution in [1.29, 1.82) is 0 Å². The molecule has 57 heavy (non-hydrogen) atoms. The van der Waals surface area contributed by atoms with E-state index in [1.54, 1.807) is 0 Å². The van der Waals surface area contributed by atoms with Crippen LogP contribution in [0.2, 0.25) is 0 Å². The number of rotatable bonds is 5. The number of hydrogen-bond acceptors (Lipinski definition) is 1. The largest absolute Gasteiger partial charge is 0.384 e. The van der Waals surface area contributed by atoms with E-state index in [2.05, 4.69) is 176 Å². The molecule has 0 heterocycles. The summed E-state index contributed by atoms with van der Waals surface area (Å²) < 4.78 is 0. The maximum absolute atomic E-state index is 11.6. The van der Waals surface area contributed by atoms with E-state index in [9.17, 15) is 5.11 Å². The van der Waals surface area contributed by atoms with Crippen molar-refractivity contribution >= 4 is 32.3 Å². The lowest BCUT2D eigenvalue weighted by atomic mass is 9.70. The van der Waals surface area contributed by atoms with Gasteiger partial charge in [-0.05, 0) is 141 Å². The molecule has 2 aliphatic rings. The molecule has 10 aromatic rings. The van der Waals surface area contributed by atoms with E-state index in [1.165, 1.54) is 99.1 Å². The molecule has 1 nitrogen and oxygen atoms in total. The van der Waals surface area contributed by atoms with Crippen molar-refractivity contribution in [3.63, 3.8) is 0 Å². The molecule has 2 unspecified atom stereocenters. The molecule has 0 bridgehead atoms. The Balaban J connectivity index is 1.12. The third-order valence-corrected chi connectivity index (χ3v) is 12.8. The molecule has 0 saturated carbocycles. The summed E-state index contributed by atoms with van der Waals surface area (Å²) in [6.45, 7) is 0. The average molecular weight is 725 g/mol.